The van der Waals surface area contributed by atoms with Crippen molar-refractivity contribution < 1.29 is 9.84 Å². The van der Waals surface area contributed by atoms with Crippen molar-refractivity contribution >= 4 is 0 Å². The van der Waals surface area contributed by atoms with E-state index < -0.39 is 0 Å². The first-order valence-electron chi connectivity index (χ1n) is 6.51. The molecule has 1 heterocycles. The van der Waals surface area contributed by atoms with E-state index >= 15 is 0 Å². The van der Waals surface area contributed by atoms with Crippen LogP contribution in [0.3, 0.4) is 0 Å². The van der Waals surface area contributed by atoms with E-state index in [4.69, 9.17) is 9.84 Å². The van der Waals surface area contributed by atoms with Crippen molar-refractivity contribution in [3.63, 3.8) is 0 Å². The van der Waals surface area contributed by atoms with Gasteiger partial charge in [0.2, 0.25) is 0 Å². The summed E-state index contributed by atoms with van der Waals surface area (Å²) in [5.74, 6) is 0. The molecule has 0 aromatic carbocycles. The van der Waals surface area contributed by atoms with Gasteiger partial charge in [0.15, 0.2) is 0 Å². The molecule has 2 N–H and O–H groups in total. The van der Waals surface area contributed by atoms with Gasteiger partial charge in [-0.2, -0.15) is 0 Å². The van der Waals surface area contributed by atoms with Gasteiger partial charge in [-0.1, -0.05) is 6.92 Å². The maximum atomic E-state index is 9.04. The van der Waals surface area contributed by atoms with Crippen molar-refractivity contribution in [1.29, 1.82) is 0 Å². The monoisotopic (exact) mass is 230 g/mol. The molecule has 1 aliphatic rings. The lowest BCUT2D eigenvalue weighted by atomic mass is 10.2. The maximum absolute atomic E-state index is 9.04. The van der Waals surface area contributed by atoms with Crippen molar-refractivity contribution in [1.82, 2.24) is 10.2 Å². The molecule has 1 aliphatic heterocycles. The third kappa shape index (κ3) is 5.80. The largest absolute Gasteiger partial charge is 0.396 e. The van der Waals surface area contributed by atoms with Gasteiger partial charge in [0.05, 0.1) is 6.61 Å². The zero-order valence-corrected chi connectivity index (χ0v) is 10.5. The van der Waals surface area contributed by atoms with Crippen LogP contribution in [0.5, 0.6) is 0 Å². The van der Waals surface area contributed by atoms with Crippen LogP contribution in [0.25, 0.3) is 0 Å². The number of ether oxygens (including phenoxy) is 1. The van der Waals surface area contributed by atoms with Crippen LogP contribution in [0.1, 0.15) is 26.2 Å². The van der Waals surface area contributed by atoms with Gasteiger partial charge in [-0.05, 0) is 25.8 Å². The molecular weight excluding hydrogens is 204 g/mol. The van der Waals surface area contributed by atoms with E-state index in [0.29, 0.717) is 6.04 Å². The Labute approximate surface area is 99.0 Å². The highest BCUT2D eigenvalue weighted by Gasteiger charge is 2.14. The van der Waals surface area contributed by atoms with E-state index in [0.717, 1.165) is 58.7 Å². The summed E-state index contributed by atoms with van der Waals surface area (Å²) in [6, 6.07) is 0.419. The highest BCUT2D eigenvalue weighted by Crippen LogP contribution is 2.02. The summed E-state index contributed by atoms with van der Waals surface area (Å²) in [5.41, 5.74) is 0. The van der Waals surface area contributed by atoms with Gasteiger partial charge in [-0.25, -0.2) is 0 Å². The van der Waals surface area contributed by atoms with E-state index in [1.54, 1.807) is 0 Å². The Hall–Kier alpha value is -0.160. The summed E-state index contributed by atoms with van der Waals surface area (Å²) in [4.78, 5) is 2.44. The molecule has 16 heavy (non-hydrogen) atoms. The van der Waals surface area contributed by atoms with E-state index in [2.05, 4.69) is 17.1 Å². The van der Waals surface area contributed by atoms with Crippen LogP contribution in [0.2, 0.25) is 0 Å². The quantitative estimate of drug-likeness (QED) is 0.667. The minimum atomic E-state index is 0.270. The molecule has 0 radical (unpaired) electrons. The molecule has 1 atom stereocenters. The van der Waals surface area contributed by atoms with Crippen LogP contribution in [0.15, 0.2) is 0 Å². The second-order valence-electron chi connectivity index (χ2n) is 4.43. The van der Waals surface area contributed by atoms with E-state index in [9.17, 15) is 0 Å². The van der Waals surface area contributed by atoms with Gasteiger partial charge in [0.25, 0.3) is 0 Å². The first-order chi connectivity index (χ1) is 7.86. The normalized spacial score (nSPS) is 20.6. The van der Waals surface area contributed by atoms with Gasteiger partial charge in [0, 0.05) is 38.9 Å². The van der Waals surface area contributed by atoms with Gasteiger partial charge < -0.3 is 15.2 Å². The third-order valence-electron chi connectivity index (χ3n) is 2.95. The molecule has 4 heteroatoms. The number of hydrogen-bond acceptors (Lipinski definition) is 4. The van der Waals surface area contributed by atoms with E-state index in [-0.39, 0.29) is 6.61 Å². The Kier molecular flexibility index (Phi) is 7.76. The topological polar surface area (TPSA) is 44.7 Å². The summed E-state index contributed by atoms with van der Waals surface area (Å²) in [6.45, 7) is 8.39. The molecule has 1 rings (SSSR count). The predicted molar refractivity (Wildman–Crippen MR) is 65.7 cm³/mol. The lowest BCUT2D eigenvalue weighted by Gasteiger charge is -2.26. The van der Waals surface area contributed by atoms with Gasteiger partial charge in [0.1, 0.15) is 0 Å². The minimum Gasteiger partial charge on any atom is -0.396 e. The molecule has 0 aliphatic carbocycles. The SMILES string of the molecule is CCCNC(CCO)CN1CCCOCC1. The van der Waals surface area contributed by atoms with Crippen LogP contribution in [0, 0.1) is 0 Å². The number of hydrogen-bond donors (Lipinski definition) is 2. The summed E-state index contributed by atoms with van der Waals surface area (Å²) >= 11 is 0. The van der Waals surface area contributed by atoms with E-state index in [1.165, 1.54) is 0 Å². The number of rotatable bonds is 7. The molecule has 1 fully saturated rings. The molecular formula is C12H26N2O2. The van der Waals surface area contributed by atoms with Gasteiger partial charge >= 0.3 is 0 Å². The number of aliphatic hydroxyl groups excluding tert-OH is 1. The van der Waals surface area contributed by atoms with Crippen molar-refractivity contribution in [2.24, 2.45) is 0 Å². The molecule has 0 aromatic rings. The van der Waals surface area contributed by atoms with Crippen molar-refractivity contribution in [2.45, 2.75) is 32.2 Å². The van der Waals surface area contributed by atoms with Crippen LogP contribution in [-0.4, -0.2) is 62.0 Å². The van der Waals surface area contributed by atoms with Gasteiger partial charge in [-0.15, -0.1) is 0 Å². The van der Waals surface area contributed by atoms with Crippen molar-refractivity contribution in [2.75, 3.05) is 46.0 Å². The number of nitrogens with zero attached hydrogens (tertiary/aromatic N) is 1. The molecule has 0 saturated carbocycles. The number of nitrogens with one attached hydrogen (secondary N) is 1. The predicted octanol–water partition coefficient (Wildman–Crippen LogP) is 0.459. The first-order valence-corrected chi connectivity index (χ1v) is 6.51. The molecule has 0 spiro atoms. The molecule has 96 valence electrons. The third-order valence-corrected chi connectivity index (χ3v) is 2.95. The summed E-state index contributed by atoms with van der Waals surface area (Å²) in [5, 5.41) is 12.5. The molecule has 0 aromatic heterocycles. The van der Waals surface area contributed by atoms with Gasteiger partial charge in [-0.3, -0.25) is 4.90 Å². The lowest BCUT2D eigenvalue weighted by Crippen LogP contribution is -2.42. The molecule has 4 nitrogen and oxygen atoms in total. The highest BCUT2D eigenvalue weighted by atomic mass is 16.5. The zero-order chi connectivity index (χ0) is 11.6. The Morgan fingerprint density at radius 1 is 1.38 bits per heavy atom. The molecule has 1 saturated heterocycles. The minimum absolute atomic E-state index is 0.270. The molecule has 0 bridgehead atoms. The van der Waals surface area contributed by atoms with Crippen LogP contribution >= 0.6 is 0 Å². The van der Waals surface area contributed by atoms with Crippen LogP contribution < -0.4 is 5.32 Å². The van der Waals surface area contributed by atoms with E-state index in [1.807, 2.05) is 0 Å². The lowest BCUT2D eigenvalue weighted by molar-refractivity contribution is 0.138. The summed E-state index contributed by atoms with van der Waals surface area (Å²) in [6.07, 6.45) is 3.11. The molecule has 1 unspecified atom stereocenters. The van der Waals surface area contributed by atoms with Crippen LogP contribution in [0.4, 0.5) is 0 Å². The number of aliphatic hydroxyl groups is 1. The summed E-state index contributed by atoms with van der Waals surface area (Å²) < 4.78 is 5.44. The average molecular weight is 230 g/mol. The Morgan fingerprint density at radius 2 is 2.25 bits per heavy atom. The highest BCUT2D eigenvalue weighted by molar-refractivity contribution is 4.73. The Morgan fingerprint density at radius 3 is 3.00 bits per heavy atom. The fraction of sp³-hybridized carbons (Fsp3) is 1.00. The fourth-order valence-corrected chi connectivity index (χ4v) is 2.05. The zero-order valence-electron chi connectivity index (χ0n) is 10.5. The standard InChI is InChI=1S/C12H26N2O2/c1-2-5-13-12(4-8-15)11-14-6-3-9-16-10-7-14/h12-13,15H,2-11H2,1H3. The maximum Gasteiger partial charge on any atom is 0.0593 e. The second-order valence-corrected chi connectivity index (χ2v) is 4.43. The Bertz CT molecular complexity index is 159. The average Bonchev–Trinajstić information content (AvgIpc) is 2.55. The summed E-state index contributed by atoms with van der Waals surface area (Å²) in [7, 11) is 0. The Balaban J connectivity index is 2.27. The second kappa shape index (κ2) is 8.93. The van der Waals surface area contributed by atoms with Crippen molar-refractivity contribution in [3.8, 4) is 0 Å². The van der Waals surface area contributed by atoms with Crippen molar-refractivity contribution in [3.05, 3.63) is 0 Å². The van der Waals surface area contributed by atoms with Crippen LogP contribution in [-0.2, 0) is 4.74 Å². The smallest absolute Gasteiger partial charge is 0.0593 e. The first kappa shape index (κ1) is 13.9. The fourth-order valence-electron chi connectivity index (χ4n) is 2.05. The molecule has 0 amide bonds.